The molecule has 3 nitrogen and oxygen atoms in total. The number of aromatic nitrogens is 1. The molecule has 1 aromatic heterocycles. The van der Waals surface area contributed by atoms with Crippen LogP contribution in [0.3, 0.4) is 0 Å². The molecule has 0 bridgehead atoms. The number of ether oxygens (including phenoxy) is 1. The lowest BCUT2D eigenvalue weighted by Gasteiger charge is -2.38. The first kappa shape index (κ1) is 12.8. The predicted molar refractivity (Wildman–Crippen MR) is 69.2 cm³/mol. The van der Waals surface area contributed by atoms with Crippen molar-refractivity contribution in [2.75, 3.05) is 13.2 Å². The first-order valence-corrected chi connectivity index (χ1v) is 6.54. The number of halogens is 1. The third kappa shape index (κ3) is 3.41. The molecule has 0 amide bonds. The highest BCUT2D eigenvalue weighted by Crippen LogP contribution is 2.17. The minimum atomic E-state index is 0.303. The van der Waals surface area contributed by atoms with Gasteiger partial charge in [-0.15, -0.1) is 0 Å². The normalized spacial score (nSPS) is 26.1. The van der Waals surface area contributed by atoms with Gasteiger partial charge in [-0.3, -0.25) is 4.90 Å². The molecule has 1 fully saturated rings. The van der Waals surface area contributed by atoms with Gasteiger partial charge < -0.3 is 4.74 Å². The zero-order valence-corrected chi connectivity index (χ0v) is 11.2. The van der Waals surface area contributed by atoms with Crippen molar-refractivity contribution in [1.29, 1.82) is 0 Å². The van der Waals surface area contributed by atoms with Gasteiger partial charge in [-0.05, 0) is 25.5 Å². The number of nitrogens with zero attached hydrogens (tertiary/aromatic N) is 2. The van der Waals surface area contributed by atoms with Crippen LogP contribution in [0.15, 0.2) is 18.2 Å². The molecule has 0 saturated carbocycles. The van der Waals surface area contributed by atoms with E-state index in [0.29, 0.717) is 17.3 Å². The summed E-state index contributed by atoms with van der Waals surface area (Å²) in [6.07, 6.45) is 1.41. The fourth-order valence-corrected chi connectivity index (χ4v) is 2.41. The average molecular weight is 255 g/mol. The summed E-state index contributed by atoms with van der Waals surface area (Å²) in [5, 5.41) is 0.567. The maximum Gasteiger partial charge on any atom is 0.129 e. The van der Waals surface area contributed by atoms with Gasteiger partial charge in [0.15, 0.2) is 0 Å². The van der Waals surface area contributed by atoms with Crippen molar-refractivity contribution in [1.82, 2.24) is 9.88 Å². The molecule has 0 aliphatic carbocycles. The molecule has 4 heteroatoms. The summed E-state index contributed by atoms with van der Waals surface area (Å²) in [7, 11) is 0. The monoisotopic (exact) mass is 254 g/mol. The summed E-state index contributed by atoms with van der Waals surface area (Å²) in [5.41, 5.74) is 1.03. The van der Waals surface area contributed by atoms with Crippen LogP contribution in [0.5, 0.6) is 0 Å². The highest BCUT2D eigenvalue weighted by Gasteiger charge is 2.25. The lowest BCUT2D eigenvalue weighted by molar-refractivity contribution is -0.0595. The van der Waals surface area contributed by atoms with Gasteiger partial charge in [0.05, 0.1) is 18.4 Å². The number of morpholine rings is 1. The lowest BCUT2D eigenvalue weighted by Crippen LogP contribution is -2.47. The summed E-state index contributed by atoms with van der Waals surface area (Å²) in [6.45, 7) is 6.95. The van der Waals surface area contributed by atoms with E-state index in [4.69, 9.17) is 16.3 Å². The summed E-state index contributed by atoms with van der Waals surface area (Å²) in [6, 6.07) is 6.28. The third-order valence-corrected chi connectivity index (χ3v) is 3.40. The SMILES string of the molecule is CCC1COC(C)CN1Cc1cccc(Cl)n1. The summed E-state index contributed by atoms with van der Waals surface area (Å²) < 4.78 is 5.68. The molecule has 1 aliphatic rings. The third-order valence-electron chi connectivity index (χ3n) is 3.19. The topological polar surface area (TPSA) is 25.4 Å². The van der Waals surface area contributed by atoms with Gasteiger partial charge in [0.25, 0.3) is 0 Å². The van der Waals surface area contributed by atoms with Gasteiger partial charge in [0, 0.05) is 19.1 Å². The molecule has 2 heterocycles. The Balaban J connectivity index is 2.04. The summed E-state index contributed by atoms with van der Waals surface area (Å²) in [5.74, 6) is 0. The Morgan fingerprint density at radius 1 is 1.53 bits per heavy atom. The van der Waals surface area contributed by atoms with Gasteiger partial charge in [-0.1, -0.05) is 24.6 Å². The van der Waals surface area contributed by atoms with Crippen molar-refractivity contribution >= 4 is 11.6 Å². The van der Waals surface area contributed by atoms with E-state index in [1.54, 1.807) is 0 Å². The Morgan fingerprint density at radius 2 is 2.35 bits per heavy atom. The quantitative estimate of drug-likeness (QED) is 0.776. The zero-order valence-electron chi connectivity index (χ0n) is 10.4. The largest absolute Gasteiger partial charge is 0.376 e. The standard InChI is InChI=1S/C13H19ClN2O/c1-3-12-9-17-10(2)7-16(12)8-11-5-4-6-13(14)15-11/h4-6,10,12H,3,7-9H2,1-2H3. The van der Waals surface area contributed by atoms with E-state index in [9.17, 15) is 0 Å². The van der Waals surface area contributed by atoms with E-state index in [-0.39, 0.29) is 0 Å². The zero-order chi connectivity index (χ0) is 12.3. The van der Waals surface area contributed by atoms with Crippen molar-refractivity contribution in [2.24, 2.45) is 0 Å². The predicted octanol–water partition coefficient (Wildman–Crippen LogP) is 2.73. The van der Waals surface area contributed by atoms with E-state index in [1.807, 2.05) is 18.2 Å². The van der Waals surface area contributed by atoms with Crippen molar-refractivity contribution in [2.45, 2.75) is 39.0 Å². The number of rotatable bonds is 3. The molecule has 0 N–H and O–H groups in total. The molecule has 0 radical (unpaired) electrons. The van der Waals surface area contributed by atoms with Crippen LogP contribution in [0.4, 0.5) is 0 Å². The number of hydrogen-bond donors (Lipinski definition) is 0. The summed E-state index contributed by atoms with van der Waals surface area (Å²) >= 11 is 5.91. The first-order valence-electron chi connectivity index (χ1n) is 6.16. The van der Waals surface area contributed by atoms with Gasteiger partial charge >= 0.3 is 0 Å². The molecule has 94 valence electrons. The second-order valence-electron chi connectivity index (χ2n) is 4.59. The Labute approximate surface area is 108 Å². The number of pyridine rings is 1. The minimum Gasteiger partial charge on any atom is -0.376 e. The van der Waals surface area contributed by atoms with Gasteiger partial charge in [-0.25, -0.2) is 4.98 Å². The Bertz CT molecular complexity index is 372. The fourth-order valence-electron chi connectivity index (χ4n) is 2.23. The Hall–Kier alpha value is -0.640. The van der Waals surface area contributed by atoms with E-state index in [0.717, 1.165) is 31.8 Å². The fraction of sp³-hybridized carbons (Fsp3) is 0.615. The molecule has 1 saturated heterocycles. The van der Waals surface area contributed by atoms with Gasteiger partial charge in [-0.2, -0.15) is 0 Å². The Morgan fingerprint density at radius 3 is 3.06 bits per heavy atom. The Kier molecular flexibility index (Phi) is 4.37. The highest BCUT2D eigenvalue weighted by atomic mass is 35.5. The van der Waals surface area contributed by atoms with Crippen molar-refractivity contribution in [3.8, 4) is 0 Å². The van der Waals surface area contributed by atoms with Crippen LogP contribution in [-0.4, -0.2) is 35.2 Å². The number of hydrogen-bond acceptors (Lipinski definition) is 3. The molecule has 0 aromatic carbocycles. The molecule has 1 aliphatic heterocycles. The average Bonchev–Trinajstić information content (AvgIpc) is 2.29. The molecule has 17 heavy (non-hydrogen) atoms. The van der Waals surface area contributed by atoms with Crippen LogP contribution >= 0.6 is 11.6 Å². The second-order valence-corrected chi connectivity index (χ2v) is 4.97. The molecule has 2 atom stereocenters. The van der Waals surface area contributed by atoms with Crippen LogP contribution in [0, 0.1) is 0 Å². The van der Waals surface area contributed by atoms with Crippen molar-refractivity contribution < 1.29 is 4.74 Å². The maximum absolute atomic E-state index is 5.91. The van der Waals surface area contributed by atoms with Crippen LogP contribution in [-0.2, 0) is 11.3 Å². The van der Waals surface area contributed by atoms with Gasteiger partial charge in [0.1, 0.15) is 5.15 Å². The van der Waals surface area contributed by atoms with Crippen LogP contribution in [0.2, 0.25) is 5.15 Å². The van der Waals surface area contributed by atoms with Crippen molar-refractivity contribution in [3.05, 3.63) is 29.0 Å². The molecular formula is C13H19ClN2O. The van der Waals surface area contributed by atoms with Crippen LogP contribution < -0.4 is 0 Å². The van der Waals surface area contributed by atoms with Crippen LogP contribution in [0.25, 0.3) is 0 Å². The minimum absolute atomic E-state index is 0.303. The maximum atomic E-state index is 5.91. The first-order chi connectivity index (χ1) is 8.19. The van der Waals surface area contributed by atoms with Crippen LogP contribution in [0.1, 0.15) is 26.0 Å². The second kappa shape index (κ2) is 5.80. The molecular weight excluding hydrogens is 236 g/mol. The van der Waals surface area contributed by atoms with Gasteiger partial charge in [0.2, 0.25) is 0 Å². The molecule has 0 spiro atoms. The molecule has 2 rings (SSSR count). The van der Waals surface area contributed by atoms with Crippen molar-refractivity contribution in [3.63, 3.8) is 0 Å². The smallest absolute Gasteiger partial charge is 0.129 e. The van der Waals surface area contributed by atoms with E-state index in [2.05, 4.69) is 23.7 Å². The molecule has 2 unspecified atom stereocenters. The summed E-state index contributed by atoms with van der Waals surface area (Å²) in [4.78, 5) is 6.78. The van der Waals surface area contributed by atoms with E-state index >= 15 is 0 Å². The van der Waals surface area contributed by atoms with E-state index < -0.39 is 0 Å². The molecule has 1 aromatic rings. The van der Waals surface area contributed by atoms with E-state index in [1.165, 1.54) is 0 Å². The highest BCUT2D eigenvalue weighted by molar-refractivity contribution is 6.29. The lowest BCUT2D eigenvalue weighted by atomic mass is 10.1.